The van der Waals surface area contributed by atoms with E-state index in [4.69, 9.17) is 11.6 Å². The van der Waals surface area contributed by atoms with Gasteiger partial charge in [0.2, 0.25) is 0 Å². The summed E-state index contributed by atoms with van der Waals surface area (Å²) in [6.07, 6.45) is 2.29. The van der Waals surface area contributed by atoms with E-state index < -0.39 is 0 Å². The number of nitrogens with one attached hydrogen (secondary N) is 1. The van der Waals surface area contributed by atoms with E-state index in [2.05, 4.69) is 41.7 Å². The van der Waals surface area contributed by atoms with Crippen molar-refractivity contribution in [1.82, 2.24) is 5.32 Å². The van der Waals surface area contributed by atoms with E-state index in [0.717, 1.165) is 31.0 Å². The third-order valence-corrected chi connectivity index (χ3v) is 3.12. The van der Waals surface area contributed by atoms with Crippen LogP contribution in [0.1, 0.15) is 17.5 Å². The average Bonchev–Trinajstić information content (AvgIpc) is 2.40. The molecule has 0 atom stereocenters. The lowest BCUT2D eigenvalue weighted by molar-refractivity contribution is 0.649. The van der Waals surface area contributed by atoms with Crippen molar-refractivity contribution >= 4 is 11.6 Å². The Kier molecular flexibility index (Phi) is 5.25. The van der Waals surface area contributed by atoms with Gasteiger partial charge in [-0.2, -0.15) is 0 Å². The van der Waals surface area contributed by atoms with Crippen LogP contribution in [0.3, 0.4) is 0 Å². The Morgan fingerprint density at radius 1 is 0.889 bits per heavy atom. The molecule has 0 unspecified atom stereocenters. The molecule has 0 saturated carbocycles. The smallest absolute Gasteiger partial charge is 0.0409 e. The van der Waals surface area contributed by atoms with Gasteiger partial charge in [0.25, 0.3) is 0 Å². The van der Waals surface area contributed by atoms with Gasteiger partial charge in [-0.1, -0.05) is 54.1 Å². The van der Waals surface area contributed by atoms with E-state index in [1.54, 1.807) is 0 Å². The molecule has 0 radical (unpaired) electrons. The van der Waals surface area contributed by atoms with Crippen LogP contribution in [0.5, 0.6) is 0 Å². The van der Waals surface area contributed by atoms with Crippen LogP contribution < -0.4 is 5.32 Å². The Hall–Kier alpha value is -1.31. The number of benzene rings is 2. The molecule has 0 bridgehead atoms. The molecule has 0 aliphatic carbocycles. The minimum atomic E-state index is 0.804. The molecule has 0 spiro atoms. The van der Waals surface area contributed by atoms with Gasteiger partial charge in [0.1, 0.15) is 0 Å². The number of halogens is 1. The molecule has 18 heavy (non-hydrogen) atoms. The maximum absolute atomic E-state index is 5.94. The second-order valence-electron chi connectivity index (χ2n) is 4.40. The summed E-state index contributed by atoms with van der Waals surface area (Å²) in [6, 6.07) is 18.6. The summed E-state index contributed by atoms with van der Waals surface area (Å²) in [5.41, 5.74) is 2.64. The molecule has 94 valence electrons. The summed E-state index contributed by atoms with van der Waals surface area (Å²) in [5, 5.41) is 4.24. The highest BCUT2D eigenvalue weighted by Gasteiger charge is 1.95. The second-order valence-corrected chi connectivity index (χ2v) is 4.83. The van der Waals surface area contributed by atoms with Crippen molar-refractivity contribution in [3.8, 4) is 0 Å². The van der Waals surface area contributed by atoms with Crippen LogP contribution in [-0.2, 0) is 13.0 Å². The van der Waals surface area contributed by atoms with E-state index in [0.29, 0.717) is 0 Å². The topological polar surface area (TPSA) is 12.0 Å². The van der Waals surface area contributed by atoms with Crippen molar-refractivity contribution < 1.29 is 0 Å². The van der Waals surface area contributed by atoms with Gasteiger partial charge in [0.05, 0.1) is 0 Å². The third-order valence-electron chi connectivity index (χ3n) is 2.88. The molecule has 2 aromatic rings. The van der Waals surface area contributed by atoms with Crippen LogP contribution in [0.2, 0.25) is 5.02 Å². The average molecular weight is 260 g/mol. The Labute approximate surface area is 114 Å². The van der Waals surface area contributed by atoms with Gasteiger partial charge in [0, 0.05) is 11.6 Å². The molecule has 2 aromatic carbocycles. The van der Waals surface area contributed by atoms with Crippen molar-refractivity contribution in [2.45, 2.75) is 19.4 Å². The zero-order chi connectivity index (χ0) is 12.6. The number of hydrogen-bond acceptors (Lipinski definition) is 1. The first-order valence-electron chi connectivity index (χ1n) is 6.34. The monoisotopic (exact) mass is 259 g/mol. The molecule has 0 saturated heterocycles. The standard InChI is InChI=1S/C16H18ClN/c17-16-10-4-8-15(12-16)13-18-11-5-9-14-6-2-1-3-7-14/h1-4,6-8,10,12,18H,5,9,11,13H2. The normalized spacial score (nSPS) is 10.5. The fourth-order valence-electron chi connectivity index (χ4n) is 1.94. The zero-order valence-corrected chi connectivity index (χ0v) is 11.2. The molecule has 2 heteroatoms. The van der Waals surface area contributed by atoms with Crippen LogP contribution in [0.15, 0.2) is 54.6 Å². The largest absolute Gasteiger partial charge is 0.313 e. The molecule has 0 amide bonds. The molecule has 0 aliphatic rings. The SMILES string of the molecule is Clc1cccc(CNCCCc2ccccc2)c1. The molecule has 0 fully saturated rings. The molecular formula is C16H18ClN. The zero-order valence-electron chi connectivity index (χ0n) is 10.4. The maximum atomic E-state index is 5.94. The van der Waals surface area contributed by atoms with Gasteiger partial charge >= 0.3 is 0 Å². The summed E-state index contributed by atoms with van der Waals surface area (Å²) in [7, 11) is 0. The fourth-order valence-corrected chi connectivity index (χ4v) is 2.15. The van der Waals surface area contributed by atoms with Gasteiger partial charge in [0.15, 0.2) is 0 Å². The summed E-state index contributed by atoms with van der Waals surface area (Å²) < 4.78 is 0. The van der Waals surface area contributed by atoms with E-state index in [9.17, 15) is 0 Å². The fraction of sp³-hybridized carbons (Fsp3) is 0.250. The molecule has 0 aromatic heterocycles. The van der Waals surface area contributed by atoms with E-state index in [1.165, 1.54) is 11.1 Å². The summed E-state index contributed by atoms with van der Waals surface area (Å²) >= 11 is 5.94. The van der Waals surface area contributed by atoms with Crippen molar-refractivity contribution in [2.75, 3.05) is 6.54 Å². The second kappa shape index (κ2) is 7.20. The number of rotatable bonds is 6. The highest BCUT2D eigenvalue weighted by Crippen LogP contribution is 2.10. The van der Waals surface area contributed by atoms with Gasteiger partial charge in [-0.15, -0.1) is 0 Å². The Bertz CT molecular complexity index is 468. The molecule has 1 nitrogen and oxygen atoms in total. The van der Waals surface area contributed by atoms with Crippen molar-refractivity contribution in [3.05, 3.63) is 70.7 Å². The molecule has 0 aliphatic heterocycles. The summed E-state index contributed by atoms with van der Waals surface area (Å²) in [5.74, 6) is 0. The Morgan fingerprint density at radius 3 is 2.44 bits per heavy atom. The Morgan fingerprint density at radius 2 is 1.67 bits per heavy atom. The quantitative estimate of drug-likeness (QED) is 0.772. The van der Waals surface area contributed by atoms with Gasteiger partial charge in [-0.3, -0.25) is 0 Å². The van der Waals surface area contributed by atoms with E-state index in [-0.39, 0.29) is 0 Å². The molecule has 1 N–H and O–H groups in total. The third kappa shape index (κ3) is 4.52. The first-order chi connectivity index (χ1) is 8.84. The first-order valence-corrected chi connectivity index (χ1v) is 6.71. The van der Waals surface area contributed by atoms with Gasteiger partial charge < -0.3 is 5.32 Å². The number of hydrogen-bond donors (Lipinski definition) is 1. The summed E-state index contributed by atoms with van der Waals surface area (Å²) in [6.45, 7) is 1.91. The maximum Gasteiger partial charge on any atom is 0.0409 e. The van der Waals surface area contributed by atoms with Crippen LogP contribution in [-0.4, -0.2) is 6.54 Å². The van der Waals surface area contributed by atoms with Crippen molar-refractivity contribution in [1.29, 1.82) is 0 Å². The van der Waals surface area contributed by atoms with Gasteiger partial charge in [-0.05, 0) is 42.6 Å². The predicted molar refractivity (Wildman–Crippen MR) is 77.9 cm³/mol. The Balaban J connectivity index is 1.65. The lowest BCUT2D eigenvalue weighted by atomic mass is 10.1. The van der Waals surface area contributed by atoms with Gasteiger partial charge in [-0.25, -0.2) is 0 Å². The predicted octanol–water partition coefficient (Wildman–Crippen LogP) is 4.06. The lowest BCUT2D eigenvalue weighted by Crippen LogP contribution is -2.15. The van der Waals surface area contributed by atoms with Crippen LogP contribution >= 0.6 is 11.6 Å². The van der Waals surface area contributed by atoms with E-state index in [1.807, 2.05) is 18.2 Å². The summed E-state index contributed by atoms with van der Waals surface area (Å²) in [4.78, 5) is 0. The highest BCUT2D eigenvalue weighted by atomic mass is 35.5. The molecular weight excluding hydrogens is 242 g/mol. The first kappa shape index (κ1) is 13.1. The molecule has 2 rings (SSSR count). The van der Waals surface area contributed by atoms with Crippen LogP contribution in [0, 0.1) is 0 Å². The number of aryl methyl sites for hydroxylation is 1. The van der Waals surface area contributed by atoms with Crippen molar-refractivity contribution in [2.24, 2.45) is 0 Å². The molecule has 0 heterocycles. The lowest BCUT2D eigenvalue weighted by Gasteiger charge is -2.05. The van der Waals surface area contributed by atoms with Crippen LogP contribution in [0.25, 0.3) is 0 Å². The van der Waals surface area contributed by atoms with Crippen molar-refractivity contribution in [3.63, 3.8) is 0 Å². The minimum absolute atomic E-state index is 0.804. The van der Waals surface area contributed by atoms with Crippen LogP contribution in [0.4, 0.5) is 0 Å². The van der Waals surface area contributed by atoms with E-state index >= 15 is 0 Å². The minimum Gasteiger partial charge on any atom is -0.313 e. The highest BCUT2D eigenvalue weighted by molar-refractivity contribution is 6.30.